The first-order valence-corrected chi connectivity index (χ1v) is 18.7. The summed E-state index contributed by atoms with van der Waals surface area (Å²) < 4.78 is 37.0. The molecule has 1 saturated heterocycles. The molecule has 0 unspecified atom stereocenters. The molecule has 4 atom stereocenters. The lowest BCUT2D eigenvalue weighted by Crippen LogP contribution is -2.45. The van der Waals surface area contributed by atoms with Crippen LogP contribution in [0.15, 0.2) is 71.8 Å². The molecule has 0 bridgehead atoms. The number of aliphatic hydroxyl groups excluding tert-OH is 1. The molecule has 0 aliphatic carbocycles. The van der Waals surface area contributed by atoms with Crippen LogP contribution in [-0.2, 0) is 34.6 Å². The Kier molecular flexibility index (Phi) is 8.81. The number of aromatic nitrogens is 4. The van der Waals surface area contributed by atoms with Crippen LogP contribution in [0.2, 0.25) is 18.6 Å². The zero-order valence-corrected chi connectivity index (χ0v) is 28.2. The fourth-order valence-corrected chi connectivity index (χ4v) is 9.84. The van der Waals surface area contributed by atoms with Crippen molar-refractivity contribution in [2.75, 3.05) is 25.7 Å². The van der Waals surface area contributed by atoms with Gasteiger partial charge in [-0.3, -0.25) is 18.8 Å². The predicted octanol–water partition coefficient (Wildman–Crippen LogP) is 4.39. The number of pyridine rings is 1. The Balaban J connectivity index is 1.33. The number of ether oxygens (including phenoxy) is 3. The Hall–Kier alpha value is -4.33. The van der Waals surface area contributed by atoms with Gasteiger partial charge in [-0.1, -0.05) is 24.3 Å². The number of aliphatic hydroxyl groups is 1. The molecular weight excluding hydrogens is 621 g/mol. The molecule has 0 radical (unpaired) electrons. The third-order valence-electron chi connectivity index (χ3n) is 9.45. The van der Waals surface area contributed by atoms with Crippen molar-refractivity contribution >= 4 is 20.0 Å². The number of fused-ring (bicyclic) bond motifs is 2. The molecule has 2 aromatic heterocycles. The van der Waals surface area contributed by atoms with Crippen LogP contribution in [0.3, 0.4) is 0 Å². The number of benzene rings is 2. The highest BCUT2D eigenvalue weighted by Gasteiger charge is 2.66. The Morgan fingerprint density at radius 3 is 2.53 bits per heavy atom. The highest BCUT2D eigenvalue weighted by atomic mass is 28.4. The van der Waals surface area contributed by atoms with Gasteiger partial charge in [-0.15, -0.1) is 5.10 Å². The summed E-state index contributed by atoms with van der Waals surface area (Å²) in [5.41, 5.74) is 1.42. The maximum absolute atomic E-state index is 16.2. The van der Waals surface area contributed by atoms with Crippen molar-refractivity contribution in [3.05, 3.63) is 94.2 Å². The lowest BCUT2D eigenvalue weighted by atomic mass is 9.82. The van der Waals surface area contributed by atoms with E-state index in [0.29, 0.717) is 47.8 Å². The number of anilines is 1. The summed E-state index contributed by atoms with van der Waals surface area (Å²) in [4.78, 5) is 29.2. The first-order chi connectivity index (χ1) is 22.5. The fraction of sp³-hybridized carbons (Fsp3) is 0.412. The number of rotatable bonds is 11. The number of nitrogens with zero attached hydrogens (tertiary/aromatic N) is 5. The van der Waals surface area contributed by atoms with Gasteiger partial charge >= 0.3 is 0 Å². The number of carbonyl (C=O) groups is 1. The minimum absolute atomic E-state index is 0.0257. The van der Waals surface area contributed by atoms with Crippen LogP contribution < -0.4 is 19.9 Å². The topological polar surface area (TPSA) is 121 Å². The zero-order chi connectivity index (χ0) is 33.5. The SMILES string of the molecule is COc1ccc2c(c1)[C@@]1(O[C@H](CCn3cc(CCO)nn3)[C@@H]([Si](C)(C)F)[C@@H]1C)C(=O)N2Cc1ccc(-n2cccc(OC)c2=O)cc1. The number of carbonyl (C=O) groups excluding carboxylic acids is 1. The van der Waals surface area contributed by atoms with Gasteiger partial charge < -0.3 is 28.3 Å². The summed E-state index contributed by atoms with van der Waals surface area (Å²) >= 11 is 0. The second kappa shape index (κ2) is 12.7. The van der Waals surface area contributed by atoms with Gasteiger partial charge in [0.15, 0.2) is 11.4 Å². The number of amides is 1. The van der Waals surface area contributed by atoms with Crippen molar-refractivity contribution in [3.8, 4) is 17.2 Å². The van der Waals surface area contributed by atoms with E-state index in [1.165, 1.54) is 11.7 Å². The highest BCUT2D eigenvalue weighted by Crippen LogP contribution is 2.60. The van der Waals surface area contributed by atoms with E-state index in [-0.39, 0.29) is 30.4 Å². The summed E-state index contributed by atoms with van der Waals surface area (Å²) in [6, 6.07) is 16.3. The predicted molar refractivity (Wildman–Crippen MR) is 176 cm³/mol. The van der Waals surface area contributed by atoms with Crippen LogP contribution in [0.5, 0.6) is 11.5 Å². The number of methoxy groups -OCH3 is 2. The molecule has 47 heavy (non-hydrogen) atoms. The summed E-state index contributed by atoms with van der Waals surface area (Å²) in [6.45, 7) is 5.94. The van der Waals surface area contributed by atoms with Crippen molar-refractivity contribution in [3.63, 3.8) is 0 Å². The maximum atomic E-state index is 16.2. The Labute approximate surface area is 273 Å². The average Bonchev–Trinajstić information content (AvgIpc) is 3.70. The maximum Gasteiger partial charge on any atom is 0.297 e. The van der Waals surface area contributed by atoms with Crippen molar-refractivity contribution in [1.29, 1.82) is 0 Å². The summed E-state index contributed by atoms with van der Waals surface area (Å²) in [5, 5.41) is 17.5. The Morgan fingerprint density at radius 1 is 1.09 bits per heavy atom. The fourth-order valence-electron chi connectivity index (χ4n) is 7.29. The van der Waals surface area contributed by atoms with Gasteiger partial charge in [0.05, 0.1) is 38.2 Å². The van der Waals surface area contributed by atoms with Crippen LogP contribution in [0.4, 0.5) is 9.80 Å². The van der Waals surface area contributed by atoms with Crippen LogP contribution in [0.1, 0.15) is 30.2 Å². The van der Waals surface area contributed by atoms with Gasteiger partial charge in [0.1, 0.15) is 5.75 Å². The van der Waals surface area contributed by atoms with E-state index in [1.807, 2.05) is 49.4 Å². The molecule has 11 nitrogen and oxygen atoms in total. The second-order valence-corrected chi connectivity index (χ2v) is 16.5. The Morgan fingerprint density at radius 2 is 1.85 bits per heavy atom. The molecule has 1 spiro atoms. The van der Waals surface area contributed by atoms with Crippen LogP contribution >= 0.6 is 0 Å². The van der Waals surface area contributed by atoms with Gasteiger partial charge in [0, 0.05) is 54.7 Å². The molecule has 4 aromatic rings. The molecule has 2 aliphatic heterocycles. The molecule has 0 saturated carbocycles. The van der Waals surface area contributed by atoms with Gasteiger partial charge in [0.25, 0.3) is 11.5 Å². The molecule has 6 rings (SSSR count). The third-order valence-corrected chi connectivity index (χ3v) is 11.9. The van der Waals surface area contributed by atoms with Gasteiger partial charge in [0.2, 0.25) is 8.41 Å². The smallest absolute Gasteiger partial charge is 0.297 e. The number of halogens is 1. The standard InChI is InChI=1S/C34H40FN5O6Si/c1-22-31(47(4,5)35)29(14-17-38-21-24(15-18-41)36-37-38)46-34(22)27-19-26(44-2)12-13-28(27)40(33(34)43)20-23-8-10-25(11-9-23)39-16-6-7-30(45-3)32(39)42/h6-13,16,19,21-22,29,31,41H,14-15,17-18,20H2,1-5H3/t22-,29+,31-,34+/m0/s1. The zero-order valence-electron chi connectivity index (χ0n) is 27.2. The van der Waals surface area contributed by atoms with Crippen LogP contribution in [-0.4, -0.2) is 65.9 Å². The summed E-state index contributed by atoms with van der Waals surface area (Å²) in [7, 11) is -0.320. The van der Waals surface area contributed by atoms with E-state index in [4.69, 9.17) is 14.2 Å². The quantitative estimate of drug-likeness (QED) is 0.186. The van der Waals surface area contributed by atoms with Crippen molar-refractivity contribution in [2.45, 2.75) is 63.2 Å². The molecule has 1 amide bonds. The first kappa shape index (κ1) is 32.6. The molecule has 4 heterocycles. The molecule has 1 N–H and O–H groups in total. The molecular formula is C34H40FN5O6Si. The minimum atomic E-state index is -3.35. The van der Waals surface area contributed by atoms with Crippen molar-refractivity contribution in [2.24, 2.45) is 5.92 Å². The van der Waals surface area contributed by atoms with E-state index >= 15 is 4.11 Å². The molecule has 13 heteroatoms. The largest absolute Gasteiger partial charge is 0.497 e. The summed E-state index contributed by atoms with van der Waals surface area (Å²) in [5.74, 6) is 0.132. The number of aryl methyl sites for hydroxylation is 1. The third kappa shape index (κ3) is 5.76. The first-order valence-electron chi connectivity index (χ1n) is 15.7. The Bertz CT molecular complexity index is 1820. The van der Waals surface area contributed by atoms with Crippen molar-refractivity contribution < 1.29 is 28.2 Å². The van der Waals surface area contributed by atoms with Gasteiger partial charge in [-0.05, 0) is 67.5 Å². The van der Waals surface area contributed by atoms with Crippen LogP contribution in [0, 0.1) is 5.92 Å². The minimum Gasteiger partial charge on any atom is -0.497 e. The van der Waals surface area contributed by atoms with Gasteiger partial charge in [-0.2, -0.15) is 0 Å². The molecule has 2 aromatic carbocycles. The number of hydrogen-bond donors (Lipinski definition) is 1. The monoisotopic (exact) mass is 661 g/mol. The van der Waals surface area contributed by atoms with Crippen molar-refractivity contribution in [1.82, 2.24) is 19.6 Å². The molecule has 248 valence electrons. The average molecular weight is 662 g/mol. The van der Waals surface area contributed by atoms with Gasteiger partial charge in [-0.25, -0.2) is 0 Å². The lowest BCUT2D eigenvalue weighted by Gasteiger charge is -2.31. The van der Waals surface area contributed by atoms with E-state index < -0.39 is 31.6 Å². The molecule has 1 fully saturated rings. The van der Waals surface area contributed by atoms with E-state index in [9.17, 15) is 14.7 Å². The van der Waals surface area contributed by atoms with E-state index in [1.54, 1.807) is 54.3 Å². The normalized spacial score (nSPS) is 22.2. The lowest BCUT2D eigenvalue weighted by molar-refractivity contribution is -0.146. The molecule has 2 aliphatic rings. The van der Waals surface area contributed by atoms with E-state index in [2.05, 4.69) is 10.3 Å². The second-order valence-electron chi connectivity index (χ2n) is 12.7. The van der Waals surface area contributed by atoms with E-state index in [0.717, 1.165) is 5.56 Å². The number of hydrogen-bond acceptors (Lipinski definition) is 8. The summed E-state index contributed by atoms with van der Waals surface area (Å²) in [6.07, 6.45) is 3.76. The highest BCUT2D eigenvalue weighted by molar-refractivity contribution is 6.72. The van der Waals surface area contributed by atoms with Crippen LogP contribution in [0.25, 0.3) is 5.69 Å².